The van der Waals surface area contributed by atoms with Crippen molar-refractivity contribution < 1.29 is 19.7 Å². The van der Waals surface area contributed by atoms with Crippen LogP contribution in [-0.4, -0.2) is 35.5 Å². The highest BCUT2D eigenvalue weighted by Crippen LogP contribution is 2.04. The van der Waals surface area contributed by atoms with Crippen molar-refractivity contribution in [3.63, 3.8) is 0 Å². The Hall–Kier alpha value is -0.610. The van der Waals surface area contributed by atoms with Gasteiger partial charge in [-0.15, -0.1) is 0 Å². The molecule has 15 heavy (non-hydrogen) atoms. The second-order valence-corrected chi connectivity index (χ2v) is 3.49. The molecule has 0 aromatic heterocycles. The molecular formula is C11H21O4-. The van der Waals surface area contributed by atoms with Crippen LogP contribution in [0, 0.1) is 6.92 Å². The number of aliphatic hydroxyl groups excluding tert-OH is 2. The first-order valence-electron chi connectivity index (χ1n) is 5.47. The van der Waals surface area contributed by atoms with Gasteiger partial charge in [-0.3, -0.25) is 0 Å². The van der Waals surface area contributed by atoms with Gasteiger partial charge < -0.3 is 21.9 Å². The molecule has 0 unspecified atom stereocenters. The fraction of sp³-hybridized carbons (Fsp3) is 0.818. The number of rotatable bonds is 9. The van der Waals surface area contributed by atoms with E-state index in [0.717, 1.165) is 38.5 Å². The Labute approximate surface area is 91.3 Å². The van der Waals surface area contributed by atoms with Crippen molar-refractivity contribution in [2.24, 2.45) is 0 Å². The van der Waals surface area contributed by atoms with Crippen molar-refractivity contribution in [1.82, 2.24) is 0 Å². The summed E-state index contributed by atoms with van der Waals surface area (Å²) in [5.41, 5.74) is 0. The summed E-state index contributed by atoms with van der Waals surface area (Å²) in [6, 6.07) is 0. The molecule has 0 saturated carbocycles. The molecule has 0 aliphatic rings. The molecule has 4 heteroatoms. The molecule has 0 aliphatic heterocycles. The minimum absolute atomic E-state index is 0.320. The lowest BCUT2D eigenvalue weighted by atomic mass is 10.1. The topological polar surface area (TPSA) is 66.8 Å². The van der Waals surface area contributed by atoms with Crippen LogP contribution in [-0.2, 0) is 9.53 Å². The minimum atomic E-state index is -1.39. The first-order valence-corrected chi connectivity index (χ1v) is 5.47. The quantitative estimate of drug-likeness (QED) is 0.344. The summed E-state index contributed by atoms with van der Waals surface area (Å²) >= 11 is 0. The summed E-state index contributed by atoms with van der Waals surface area (Å²) < 4.78 is 4.74. The maximum absolute atomic E-state index is 10.9. The summed E-state index contributed by atoms with van der Waals surface area (Å²) in [5.74, 6) is -0.741. The fourth-order valence-electron chi connectivity index (χ4n) is 1.15. The number of hydrogen-bond donors (Lipinski definition) is 2. The summed E-state index contributed by atoms with van der Waals surface area (Å²) in [6.45, 7) is 3.49. The Morgan fingerprint density at radius 2 is 1.80 bits per heavy atom. The van der Waals surface area contributed by atoms with Crippen LogP contribution in [0.5, 0.6) is 0 Å². The number of unbranched alkanes of at least 4 members (excludes halogenated alkanes) is 5. The first kappa shape index (κ1) is 14.4. The molecule has 0 aliphatic carbocycles. The van der Waals surface area contributed by atoms with Gasteiger partial charge in [0, 0.05) is 0 Å². The second-order valence-electron chi connectivity index (χ2n) is 3.49. The van der Waals surface area contributed by atoms with Gasteiger partial charge in [-0.25, -0.2) is 4.79 Å². The minimum Gasteiger partial charge on any atom is -0.464 e. The number of carbonyl (C=O) groups is 1. The molecule has 0 amide bonds. The maximum atomic E-state index is 10.9. The normalized spacial score (nSPS) is 12.5. The number of hydrogen-bond acceptors (Lipinski definition) is 4. The van der Waals surface area contributed by atoms with E-state index in [0.29, 0.717) is 6.61 Å². The maximum Gasteiger partial charge on any atom is 0.337 e. The van der Waals surface area contributed by atoms with Crippen LogP contribution in [0.2, 0.25) is 0 Å². The van der Waals surface area contributed by atoms with Crippen molar-refractivity contribution in [1.29, 1.82) is 0 Å². The molecule has 90 valence electrons. The molecule has 0 aromatic carbocycles. The van der Waals surface area contributed by atoms with Gasteiger partial charge in [-0.2, -0.15) is 6.42 Å². The third kappa shape index (κ3) is 8.39. The average molecular weight is 217 g/mol. The van der Waals surface area contributed by atoms with Gasteiger partial charge in [-0.1, -0.05) is 25.7 Å². The highest BCUT2D eigenvalue weighted by atomic mass is 16.5. The smallest absolute Gasteiger partial charge is 0.337 e. The van der Waals surface area contributed by atoms with E-state index in [2.05, 4.69) is 6.92 Å². The van der Waals surface area contributed by atoms with Crippen LogP contribution in [0.3, 0.4) is 0 Å². The molecular weight excluding hydrogens is 196 g/mol. The average Bonchev–Trinajstić information content (AvgIpc) is 2.26. The molecule has 0 spiro atoms. The molecule has 1 atom stereocenters. The molecule has 0 fully saturated rings. The molecule has 0 bridgehead atoms. The van der Waals surface area contributed by atoms with E-state index in [-0.39, 0.29) is 0 Å². The summed E-state index contributed by atoms with van der Waals surface area (Å²) in [4.78, 5) is 10.9. The van der Waals surface area contributed by atoms with Crippen LogP contribution < -0.4 is 0 Å². The van der Waals surface area contributed by atoms with Crippen LogP contribution in [0.15, 0.2) is 0 Å². The third-order valence-corrected chi connectivity index (χ3v) is 2.08. The Balaban J connectivity index is 3.20. The zero-order valence-electron chi connectivity index (χ0n) is 9.15. The number of ether oxygens (including phenoxy) is 1. The molecule has 0 heterocycles. The van der Waals surface area contributed by atoms with E-state index in [1.807, 2.05) is 0 Å². The number of esters is 1. The zero-order valence-corrected chi connectivity index (χ0v) is 9.15. The van der Waals surface area contributed by atoms with Crippen LogP contribution in [0.4, 0.5) is 0 Å². The Morgan fingerprint density at radius 1 is 1.20 bits per heavy atom. The van der Waals surface area contributed by atoms with Crippen molar-refractivity contribution in [3.05, 3.63) is 6.92 Å². The number of carbonyl (C=O) groups excluding carboxylic acids is 1. The van der Waals surface area contributed by atoms with E-state index in [1.54, 1.807) is 0 Å². The Bertz CT molecular complexity index is 159. The third-order valence-electron chi connectivity index (χ3n) is 2.08. The second kappa shape index (κ2) is 9.93. The molecule has 0 rings (SSSR count). The SMILES string of the molecule is [CH2-]CCCCCCCOC(=O)[C@H](O)CO. The fourth-order valence-corrected chi connectivity index (χ4v) is 1.15. The highest BCUT2D eigenvalue weighted by molar-refractivity contribution is 5.74. The number of aliphatic hydroxyl groups is 2. The zero-order chi connectivity index (χ0) is 11.5. The van der Waals surface area contributed by atoms with Crippen molar-refractivity contribution in [3.8, 4) is 0 Å². The Kier molecular flexibility index (Phi) is 9.52. The van der Waals surface area contributed by atoms with E-state index in [4.69, 9.17) is 14.9 Å². The van der Waals surface area contributed by atoms with Gasteiger partial charge in [0.1, 0.15) is 0 Å². The Morgan fingerprint density at radius 3 is 2.40 bits per heavy atom. The van der Waals surface area contributed by atoms with Crippen molar-refractivity contribution in [2.75, 3.05) is 13.2 Å². The lowest BCUT2D eigenvalue weighted by Gasteiger charge is -2.07. The lowest BCUT2D eigenvalue weighted by Crippen LogP contribution is -2.26. The van der Waals surface area contributed by atoms with Crippen LogP contribution in [0.25, 0.3) is 0 Å². The van der Waals surface area contributed by atoms with E-state index >= 15 is 0 Å². The monoisotopic (exact) mass is 217 g/mol. The van der Waals surface area contributed by atoms with E-state index in [9.17, 15) is 4.79 Å². The summed E-state index contributed by atoms with van der Waals surface area (Å²) in [7, 11) is 0. The van der Waals surface area contributed by atoms with Crippen LogP contribution in [0.1, 0.15) is 38.5 Å². The summed E-state index contributed by atoms with van der Waals surface area (Å²) in [6.07, 6.45) is 4.83. The molecule has 0 aromatic rings. The standard InChI is InChI=1S/C11H21O4/c1-2-3-4-5-6-7-8-15-11(14)10(13)9-12/h10,12-13H,1-9H2/q-1/t10-/m1/s1. The molecule has 2 N–H and O–H groups in total. The largest absolute Gasteiger partial charge is 0.464 e. The highest BCUT2D eigenvalue weighted by Gasteiger charge is 2.14. The van der Waals surface area contributed by atoms with Gasteiger partial charge in [0.2, 0.25) is 0 Å². The van der Waals surface area contributed by atoms with E-state index in [1.165, 1.54) is 0 Å². The van der Waals surface area contributed by atoms with Crippen molar-refractivity contribution >= 4 is 5.97 Å². The van der Waals surface area contributed by atoms with Gasteiger partial charge in [0.15, 0.2) is 6.10 Å². The molecule has 0 saturated heterocycles. The van der Waals surface area contributed by atoms with Gasteiger partial charge in [0.25, 0.3) is 0 Å². The van der Waals surface area contributed by atoms with Gasteiger partial charge in [0.05, 0.1) is 13.2 Å². The molecule has 0 radical (unpaired) electrons. The van der Waals surface area contributed by atoms with Gasteiger partial charge >= 0.3 is 5.97 Å². The lowest BCUT2D eigenvalue weighted by molar-refractivity contribution is -0.155. The predicted octanol–water partition coefficient (Wildman–Crippen LogP) is 1.06. The van der Waals surface area contributed by atoms with Crippen LogP contribution >= 0.6 is 0 Å². The predicted molar refractivity (Wildman–Crippen MR) is 57.1 cm³/mol. The summed E-state index contributed by atoms with van der Waals surface area (Å²) in [5, 5.41) is 17.3. The van der Waals surface area contributed by atoms with Crippen molar-refractivity contribution in [2.45, 2.75) is 44.6 Å². The van der Waals surface area contributed by atoms with E-state index < -0.39 is 18.7 Å². The molecule has 4 nitrogen and oxygen atoms in total. The van der Waals surface area contributed by atoms with Gasteiger partial charge in [-0.05, 0) is 6.42 Å². The first-order chi connectivity index (χ1) is 7.22.